The number of amides is 1. The largest absolute Gasteiger partial charge is 0.497 e. The molecule has 0 radical (unpaired) electrons. The van der Waals surface area contributed by atoms with Gasteiger partial charge in [0.2, 0.25) is 5.91 Å². The summed E-state index contributed by atoms with van der Waals surface area (Å²) in [6.45, 7) is 0. The minimum absolute atomic E-state index is 0.101. The fourth-order valence-electron chi connectivity index (χ4n) is 2.56. The lowest BCUT2D eigenvalue weighted by Gasteiger charge is -2.05. The van der Waals surface area contributed by atoms with Crippen LogP contribution in [0.5, 0.6) is 5.75 Å². The van der Waals surface area contributed by atoms with E-state index in [9.17, 15) is 4.79 Å². The second-order valence-corrected chi connectivity index (χ2v) is 8.03. The number of fused-ring (bicyclic) bond motifs is 1. The van der Waals surface area contributed by atoms with Gasteiger partial charge in [0, 0.05) is 11.1 Å². The zero-order valence-electron chi connectivity index (χ0n) is 15.0. The van der Waals surface area contributed by atoms with Crippen molar-refractivity contribution >= 4 is 45.6 Å². The van der Waals surface area contributed by atoms with Gasteiger partial charge in [0.1, 0.15) is 11.4 Å². The van der Waals surface area contributed by atoms with Gasteiger partial charge in [-0.3, -0.25) is 4.79 Å². The molecule has 2 aromatic carbocycles. The lowest BCUT2D eigenvalue weighted by atomic mass is 10.2. The van der Waals surface area contributed by atoms with Gasteiger partial charge in [0.25, 0.3) is 0 Å². The summed E-state index contributed by atoms with van der Waals surface area (Å²) in [7, 11) is 1.61. The van der Waals surface area contributed by atoms with Crippen LogP contribution in [0.1, 0.15) is 0 Å². The van der Waals surface area contributed by atoms with E-state index in [1.165, 1.54) is 23.1 Å². The molecule has 0 aliphatic carbocycles. The number of para-hydroxylation sites is 1. The number of aromatic nitrogens is 3. The van der Waals surface area contributed by atoms with Crippen molar-refractivity contribution in [2.75, 3.05) is 18.2 Å². The summed E-state index contributed by atoms with van der Waals surface area (Å²) in [5.41, 5.74) is 2.43. The summed E-state index contributed by atoms with van der Waals surface area (Å²) in [5.74, 6) is 0.901. The van der Waals surface area contributed by atoms with Gasteiger partial charge in [-0.2, -0.15) is 0 Å². The number of pyridine rings is 1. The standard InChI is InChI=1S/C20H16N4O2S2/c1-26-15-9-7-14(8-10-15)21-18(25)12-27-20-24-23-19(28-20)17-11-6-13-4-2-3-5-16(13)22-17/h2-11H,12H2,1H3,(H,21,25). The Morgan fingerprint density at radius 2 is 1.89 bits per heavy atom. The van der Waals surface area contributed by atoms with Crippen LogP contribution in [-0.2, 0) is 4.79 Å². The van der Waals surface area contributed by atoms with E-state index in [-0.39, 0.29) is 11.7 Å². The zero-order valence-corrected chi connectivity index (χ0v) is 16.6. The Kier molecular flexibility index (Phi) is 5.50. The van der Waals surface area contributed by atoms with E-state index in [0.29, 0.717) is 0 Å². The van der Waals surface area contributed by atoms with Crippen molar-refractivity contribution in [3.8, 4) is 16.5 Å². The van der Waals surface area contributed by atoms with E-state index in [0.717, 1.165) is 37.4 Å². The highest BCUT2D eigenvalue weighted by Crippen LogP contribution is 2.29. The number of anilines is 1. The monoisotopic (exact) mass is 408 g/mol. The van der Waals surface area contributed by atoms with Crippen LogP contribution in [-0.4, -0.2) is 34.0 Å². The Balaban J connectivity index is 1.37. The third-order valence-corrected chi connectivity index (χ3v) is 6.00. The van der Waals surface area contributed by atoms with Gasteiger partial charge in [0.05, 0.1) is 18.4 Å². The molecule has 6 nitrogen and oxygen atoms in total. The van der Waals surface area contributed by atoms with Crippen molar-refractivity contribution in [3.05, 3.63) is 60.7 Å². The Bertz CT molecular complexity index is 1110. The highest BCUT2D eigenvalue weighted by Gasteiger charge is 2.11. The van der Waals surface area contributed by atoms with Crippen molar-refractivity contribution in [2.24, 2.45) is 0 Å². The number of methoxy groups -OCH3 is 1. The number of carbonyl (C=O) groups excluding carboxylic acids is 1. The first-order chi connectivity index (χ1) is 13.7. The van der Waals surface area contributed by atoms with Crippen LogP contribution in [0.25, 0.3) is 21.6 Å². The van der Waals surface area contributed by atoms with Gasteiger partial charge >= 0.3 is 0 Å². The van der Waals surface area contributed by atoms with E-state index in [1.54, 1.807) is 31.4 Å². The third-order valence-electron chi connectivity index (χ3n) is 3.92. The fourth-order valence-corrected chi connectivity index (χ4v) is 4.18. The van der Waals surface area contributed by atoms with Crippen LogP contribution in [0, 0.1) is 0 Å². The van der Waals surface area contributed by atoms with Crippen molar-refractivity contribution in [3.63, 3.8) is 0 Å². The predicted molar refractivity (Wildman–Crippen MR) is 113 cm³/mol. The second-order valence-electron chi connectivity index (χ2n) is 5.83. The fraction of sp³-hybridized carbons (Fsp3) is 0.100. The molecule has 0 saturated carbocycles. The SMILES string of the molecule is COc1ccc(NC(=O)CSc2nnc(-c3ccc4ccccc4n3)s2)cc1. The van der Waals surface area contributed by atoms with Crippen molar-refractivity contribution in [1.29, 1.82) is 0 Å². The smallest absolute Gasteiger partial charge is 0.234 e. The number of hydrogen-bond donors (Lipinski definition) is 1. The Morgan fingerprint density at radius 3 is 2.71 bits per heavy atom. The molecule has 0 aliphatic rings. The number of carbonyl (C=O) groups is 1. The molecule has 2 heterocycles. The maximum Gasteiger partial charge on any atom is 0.234 e. The number of hydrogen-bond acceptors (Lipinski definition) is 7. The number of nitrogens with zero attached hydrogens (tertiary/aromatic N) is 3. The first-order valence-electron chi connectivity index (χ1n) is 8.47. The molecule has 0 atom stereocenters. The molecule has 28 heavy (non-hydrogen) atoms. The minimum Gasteiger partial charge on any atom is -0.497 e. The molecule has 0 spiro atoms. The first kappa shape index (κ1) is 18.4. The third kappa shape index (κ3) is 4.29. The number of rotatable bonds is 6. The average molecular weight is 409 g/mol. The summed E-state index contributed by atoms with van der Waals surface area (Å²) < 4.78 is 5.84. The first-order valence-corrected chi connectivity index (χ1v) is 10.3. The summed E-state index contributed by atoms with van der Waals surface area (Å²) in [6, 6.07) is 19.1. The number of benzene rings is 2. The van der Waals surface area contributed by atoms with E-state index in [4.69, 9.17) is 4.74 Å². The maximum absolute atomic E-state index is 12.1. The lowest BCUT2D eigenvalue weighted by molar-refractivity contribution is -0.113. The van der Waals surface area contributed by atoms with Gasteiger partial charge in [-0.05, 0) is 36.4 Å². The normalized spacial score (nSPS) is 10.8. The van der Waals surface area contributed by atoms with Gasteiger partial charge in [-0.1, -0.05) is 47.4 Å². The molecule has 4 aromatic rings. The molecule has 0 saturated heterocycles. The van der Waals surface area contributed by atoms with Crippen molar-refractivity contribution < 1.29 is 9.53 Å². The number of thioether (sulfide) groups is 1. The molecule has 0 aliphatic heterocycles. The van der Waals surface area contributed by atoms with Crippen LogP contribution < -0.4 is 10.1 Å². The number of nitrogens with one attached hydrogen (secondary N) is 1. The Morgan fingerprint density at radius 1 is 1.07 bits per heavy atom. The summed E-state index contributed by atoms with van der Waals surface area (Å²) in [4.78, 5) is 16.8. The minimum atomic E-state index is -0.101. The van der Waals surface area contributed by atoms with Crippen molar-refractivity contribution in [1.82, 2.24) is 15.2 Å². The average Bonchev–Trinajstić information content (AvgIpc) is 3.21. The molecule has 2 aromatic heterocycles. The Hall–Kier alpha value is -2.97. The summed E-state index contributed by atoms with van der Waals surface area (Å²) in [5, 5.41) is 13.1. The van der Waals surface area contributed by atoms with Crippen LogP contribution in [0.3, 0.4) is 0 Å². The quantitative estimate of drug-likeness (QED) is 0.474. The van der Waals surface area contributed by atoms with E-state index in [1.807, 2.05) is 36.4 Å². The molecule has 0 bridgehead atoms. The van der Waals surface area contributed by atoms with E-state index >= 15 is 0 Å². The maximum atomic E-state index is 12.1. The van der Waals surface area contributed by atoms with Gasteiger partial charge in [0.15, 0.2) is 9.35 Å². The van der Waals surface area contributed by atoms with E-state index in [2.05, 4.69) is 20.5 Å². The highest BCUT2D eigenvalue weighted by atomic mass is 32.2. The van der Waals surface area contributed by atoms with Crippen LogP contribution >= 0.6 is 23.1 Å². The van der Waals surface area contributed by atoms with E-state index < -0.39 is 0 Å². The van der Waals surface area contributed by atoms with Crippen molar-refractivity contribution in [2.45, 2.75) is 4.34 Å². The highest BCUT2D eigenvalue weighted by molar-refractivity contribution is 8.01. The zero-order chi connectivity index (χ0) is 19.3. The molecule has 1 N–H and O–H groups in total. The second kappa shape index (κ2) is 8.37. The molecule has 1 amide bonds. The molecule has 8 heteroatoms. The van der Waals surface area contributed by atoms with Crippen LogP contribution in [0.15, 0.2) is 65.0 Å². The number of ether oxygens (including phenoxy) is 1. The molecule has 140 valence electrons. The molecule has 0 unspecified atom stereocenters. The van der Waals surface area contributed by atoms with Crippen LogP contribution in [0.4, 0.5) is 5.69 Å². The summed E-state index contributed by atoms with van der Waals surface area (Å²) >= 11 is 2.78. The van der Waals surface area contributed by atoms with Gasteiger partial charge in [-0.25, -0.2) is 4.98 Å². The van der Waals surface area contributed by atoms with Gasteiger partial charge < -0.3 is 10.1 Å². The summed E-state index contributed by atoms with van der Waals surface area (Å²) in [6.07, 6.45) is 0. The lowest BCUT2D eigenvalue weighted by Crippen LogP contribution is -2.13. The van der Waals surface area contributed by atoms with Crippen LogP contribution in [0.2, 0.25) is 0 Å². The molecular weight excluding hydrogens is 392 g/mol. The predicted octanol–water partition coefficient (Wildman–Crippen LogP) is 4.49. The topological polar surface area (TPSA) is 77.0 Å². The van der Waals surface area contributed by atoms with Gasteiger partial charge in [-0.15, -0.1) is 10.2 Å². The molecular formula is C20H16N4O2S2. The Labute approximate surface area is 170 Å². The molecule has 0 fully saturated rings. The molecule has 4 rings (SSSR count).